The van der Waals surface area contributed by atoms with Crippen molar-refractivity contribution < 1.29 is 17.9 Å². The number of benzene rings is 1. The molecule has 1 atom stereocenters. The molecule has 1 aromatic rings. The minimum absolute atomic E-state index is 0. The number of carbonyl (C=O) groups excluding carboxylic acids is 1. The zero-order valence-corrected chi connectivity index (χ0v) is 14.0. The fraction of sp³-hybridized carbons (Fsp3) is 0.462. The Bertz CT molecular complexity index is 651. The molecular formula is C13H20ClN3O4S. The number of primary amides is 1. The number of rotatable bonds is 4. The van der Waals surface area contributed by atoms with Gasteiger partial charge in [-0.05, 0) is 25.1 Å². The summed E-state index contributed by atoms with van der Waals surface area (Å²) in [6.45, 7) is 3.30. The summed E-state index contributed by atoms with van der Waals surface area (Å²) in [7, 11) is -2.25. The average Bonchev–Trinajstić information content (AvgIpc) is 2.46. The first kappa shape index (κ1) is 18.7. The van der Waals surface area contributed by atoms with Gasteiger partial charge in [-0.2, -0.15) is 4.31 Å². The highest BCUT2D eigenvalue weighted by atomic mass is 35.5. The van der Waals surface area contributed by atoms with Crippen LogP contribution >= 0.6 is 12.4 Å². The zero-order valence-electron chi connectivity index (χ0n) is 12.4. The van der Waals surface area contributed by atoms with Crippen molar-refractivity contribution in [3.8, 4) is 5.75 Å². The summed E-state index contributed by atoms with van der Waals surface area (Å²) in [5.41, 5.74) is 5.32. The summed E-state index contributed by atoms with van der Waals surface area (Å²) in [6, 6.07) is 4.22. The lowest BCUT2D eigenvalue weighted by atomic mass is 10.2. The van der Waals surface area contributed by atoms with Gasteiger partial charge < -0.3 is 15.8 Å². The monoisotopic (exact) mass is 349 g/mol. The highest BCUT2D eigenvalue weighted by Gasteiger charge is 2.29. The molecule has 0 saturated carbocycles. The second-order valence-corrected chi connectivity index (χ2v) is 6.88. The summed E-state index contributed by atoms with van der Waals surface area (Å²) in [6.07, 6.45) is 0. The zero-order chi connectivity index (χ0) is 15.6. The molecule has 22 heavy (non-hydrogen) atoms. The molecule has 1 saturated heterocycles. The number of amides is 1. The van der Waals surface area contributed by atoms with E-state index in [0.29, 0.717) is 19.6 Å². The summed E-state index contributed by atoms with van der Waals surface area (Å²) >= 11 is 0. The predicted octanol–water partition coefficient (Wildman–Crippen LogP) is 0.198. The number of piperazine rings is 1. The van der Waals surface area contributed by atoms with E-state index in [0.717, 1.165) is 0 Å². The van der Waals surface area contributed by atoms with Gasteiger partial charge in [0, 0.05) is 25.7 Å². The molecule has 0 aliphatic carbocycles. The smallest absolute Gasteiger partial charge is 0.252 e. The number of nitrogens with zero attached hydrogens (tertiary/aromatic N) is 1. The van der Waals surface area contributed by atoms with Crippen LogP contribution in [0.5, 0.6) is 5.75 Å². The molecule has 1 heterocycles. The lowest BCUT2D eigenvalue weighted by molar-refractivity contribution is 0.0997. The van der Waals surface area contributed by atoms with Crippen LogP contribution in [0.25, 0.3) is 0 Å². The summed E-state index contributed by atoms with van der Waals surface area (Å²) in [4.78, 5) is 11.5. The Labute approximate surface area is 136 Å². The van der Waals surface area contributed by atoms with E-state index in [1.807, 2.05) is 6.92 Å². The first-order valence-corrected chi connectivity index (χ1v) is 8.01. The van der Waals surface area contributed by atoms with E-state index >= 15 is 0 Å². The molecule has 0 unspecified atom stereocenters. The van der Waals surface area contributed by atoms with Gasteiger partial charge in [0.15, 0.2) is 0 Å². The second-order valence-electron chi connectivity index (χ2n) is 4.94. The van der Waals surface area contributed by atoms with Gasteiger partial charge in [-0.25, -0.2) is 8.42 Å². The van der Waals surface area contributed by atoms with Gasteiger partial charge >= 0.3 is 0 Å². The van der Waals surface area contributed by atoms with Crippen LogP contribution in [-0.2, 0) is 10.0 Å². The maximum absolute atomic E-state index is 12.6. The van der Waals surface area contributed by atoms with Crippen LogP contribution in [-0.4, -0.2) is 51.4 Å². The van der Waals surface area contributed by atoms with Crippen molar-refractivity contribution in [2.24, 2.45) is 5.73 Å². The molecule has 9 heteroatoms. The van der Waals surface area contributed by atoms with Crippen molar-refractivity contribution in [2.75, 3.05) is 26.7 Å². The maximum Gasteiger partial charge on any atom is 0.252 e. The standard InChI is InChI=1S/C13H19N3O4S.ClH/c1-9-8-16(6-5-15-9)21(18,19)10-3-4-12(20-2)11(7-10)13(14)17;/h3-4,7,9,15H,5-6,8H2,1-2H3,(H2,14,17);1H/t9-;/m0./s1. The molecule has 1 aromatic carbocycles. The highest BCUT2D eigenvalue weighted by molar-refractivity contribution is 7.89. The number of ether oxygens (including phenoxy) is 1. The lowest BCUT2D eigenvalue weighted by Crippen LogP contribution is -2.51. The van der Waals surface area contributed by atoms with Gasteiger partial charge in [-0.1, -0.05) is 0 Å². The molecule has 1 aliphatic heterocycles. The molecule has 0 radical (unpaired) electrons. The minimum atomic E-state index is -3.65. The van der Waals surface area contributed by atoms with Crippen molar-refractivity contribution in [2.45, 2.75) is 17.9 Å². The van der Waals surface area contributed by atoms with Gasteiger partial charge in [0.2, 0.25) is 10.0 Å². The van der Waals surface area contributed by atoms with E-state index in [9.17, 15) is 13.2 Å². The Balaban J connectivity index is 0.00000242. The average molecular weight is 350 g/mol. The summed E-state index contributed by atoms with van der Waals surface area (Å²) in [5, 5.41) is 3.18. The first-order chi connectivity index (χ1) is 9.86. The number of methoxy groups -OCH3 is 1. The van der Waals surface area contributed by atoms with E-state index in [-0.39, 0.29) is 34.7 Å². The molecular weight excluding hydrogens is 330 g/mol. The van der Waals surface area contributed by atoms with Crippen LogP contribution in [0.3, 0.4) is 0 Å². The van der Waals surface area contributed by atoms with Crippen molar-refractivity contribution in [1.82, 2.24) is 9.62 Å². The van der Waals surface area contributed by atoms with Gasteiger partial charge in [0.1, 0.15) is 5.75 Å². The molecule has 0 spiro atoms. The lowest BCUT2D eigenvalue weighted by Gasteiger charge is -2.31. The van der Waals surface area contributed by atoms with Crippen LogP contribution in [0.1, 0.15) is 17.3 Å². The third kappa shape index (κ3) is 3.70. The van der Waals surface area contributed by atoms with Crippen molar-refractivity contribution in [3.05, 3.63) is 23.8 Å². The third-order valence-corrected chi connectivity index (χ3v) is 5.27. The van der Waals surface area contributed by atoms with E-state index < -0.39 is 15.9 Å². The van der Waals surface area contributed by atoms with Crippen LogP contribution in [0.2, 0.25) is 0 Å². The van der Waals surface area contributed by atoms with E-state index in [2.05, 4.69) is 5.32 Å². The quantitative estimate of drug-likeness (QED) is 0.808. The normalized spacial score (nSPS) is 19.3. The molecule has 124 valence electrons. The Morgan fingerprint density at radius 2 is 2.14 bits per heavy atom. The molecule has 7 nitrogen and oxygen atoms in total. The van der Waals surface area contributed by atoms with Crippen LogP contribution in [0, 0.1) is 0 Å². The number of nitrogens with one attached hydrogen (secondary N) is 1. The van der Waals surface area contributed by atoms with E-state index in [1.54, 1.807) is 0 Å². The number of hydrogen-bond acceptors (Lipinski definition) is 5. The Kier molecular flexibility index (Phi) is 6.18. The van der Waals surface area contributed by atoms with Crippen molar-refractivity contribution in [1.29, 1.82) is 0 Å². The SMILES string of the molecule is COc1ccc(S(=O)(=O)N2CCN[C@@H](C)C2)cc1C(N)=O.Cl. The first-order valence-electron chi connectivity index (χ1n) is 6.57. The molecule has 1 amide bonds. The summed E-state index contributed by atoms with van der Waals surface area (Å²) in [5.74, 6) is -0.465. The molecule has 1 aliphatic rings. The number of carbonyl (C=O) groups is 1. The van der Waals surface area contributed by atoms with Crippen LogP contribution in [0.4, 0.5) is 0 Å². The number of halogens is 1. The van der Waals surface area contributed by atoms with E-state index in [1.165, 1.54) is 29.6 Å². The Morgan fingerprint density at radius 3 is 2.68 bits per heavy atom. The van der Waals surface area contributed by atoms with Crippen molar-refractivity contribution >= 4 is 28.3 Å². The van der Waals surface area contributed by atoms with Crippen LogP contribution < -0.4 is 15.8 Å². The second kappa shape index (κ2) is 7.28. The van der Waals surface area contributed by atoms with E-state index in [4.69, 9.17) is 10.5 Å². The molecule has 0 aromatic heterocycles. The Morgan fingerprint density at radius 1 is 1.45 bits per heavy atom. The molecule has 3 N–H and O–H groups in total. The number of sulfonamides is 1. The Hall–Kier alpha value is -1.35. The van der Waals surface area contributed by atoms with Gasteiger partial charge in [0.25, 0.3) is 5.91 Å². The fourth-order valence-corrected chi connectivity index (χ4v) is 3.86. The van der Waals surface area contributed by atoms with Gasteiger partial charge in [-0.15, -0.1) is 12.4 Å². The maximum atomic E-state index is 12.6. The highest BCUT2D eigenvalue weighted by Crippen LogP contribution is 2.24. The van der Waals surface area contributed by atoms with Gasteiger partial charge in [0.05, 0.1) is 17.6 Å². The summed E-state index contributed by atoms with van der Waals surface area (Å²) < 4.78 is 31.6. The third-order valence-electron chi connectivity index (χ3n) is 3.41. The fourth-order valence-electron chi connectivity index (χ4n) is 2.30. The van der Waals surface area contributed by atoms with Crippen molar-refractivity contribution in [3.63, 3.8) is 0 Å². The largest absolute Gasteiger partial charge is 0.496 e. The predicted molar refractivity (Wildman–Crippen MR) is 85.0 cm³/mol. The molecule has 0 bridgehead atoms. The topological polar surface area (TPSA) is 102 Å². The van der Waals surface area contributed by atoms with Gasteiger partial charge in [-0.3, -0.25) is 4.79 Å². The minimum Gasteiger partial charge on any atom is -0.496 e. The molecule has 2 rings (SSSR count). The number of hydrogen-bond donors (Lipinski definition) is 2. The van der Waals surface area contributed by atoms with Crippen LogP contribution in [0.15, 0.2) is 23.1 Å². The molecule has 1 fully saturated rings. The number of nitrogens with two attached hydrogens (primary N) is 1.